The monoisotopic (exact) mass is 312 g/mol. The zero-order valence-corrected chi connectivity index (χ0v) is 12.0. The number of halogens is 2. The fraction of sp³-hybridized carbons (Fsp3) is 0.143. The SMILES string of the molecule is CS(=O)(=O)c1cccc(NCc2ccc(F)cc2F)c1N. The Balaban J connectivity index is 2.25. The average molecular weight is 312 g/mol. The molecule has 0 bridgehead atoms. The number of para-hydroxylation sites is 1. The van der Waals surface area contributed by atoms with E-state index >= 15 is 0 Å². The van der Waals surface area contributed by atoms with Gasteiger partial charge in [0, 0.05) is 24.4 Å². The molecule has 0 amide bonds. The molecule has 0 fully saturated rings. The molecule has 2 aromatic rings. The van der Waals surface area contributed by atoms with Crippen molar-refractivity contribution in [3.05, 3.63) is 53.6 Å². The molecule has 4 nitrogen and oxygen atoms in total. The molecule has 0 aliphatic rings. The molecule has 0 unspecified atom stereocenters. The first-order valence-electron chi connectivity index (χ1n) is 6.05. The van der Waals surface area contributed by atoms with Crippen LogP contribution in [-0.2, 0) is 16.4 Å². The van der Waals surface area contributed by atoms with Crippen molar-refractivity contribution in [2.45, 2.75) is 11.4 Å². The Morgan fingerprint density at radius 1 is 1.19 bits per heavy atom. The first-order chi connectivity index (χ1) is 9.79. The Morgan fingerprint density at radius 2 is 1.90 bits per heavy atom. The summed E-state index contributed by atoms with van der Waals surface area (Å²) in [6, 6.07) is 7.77. The largest absolute Gasteiger partial charge is 0.396 e. The quantitative estimate of drug-likeness (QED) is 0.851. The fourth-order valence-electron chi connectivity index (χ4n) is 1.88. The van der Waals surface area contributed by atoms with E-state index in [1.54, 1.807) is 6.07 Å². The van der Waals surface area contributed by atoms with Crippen LogP contribution in [0.2, 0.25) is 0 Å². The van der Waals surface area contributed by atoms with Gasteiger partial charge in [-0.05, 0) is 18.2 Å². The first-order valence-corrected chi connectivity index (χ1v) is 7.94. The number of rotatable bonds is 4. The van der Waals surface area contributed by atoms with Crippen molar-refractivity contribution in [2.24, 2.45) is 0 Å². The molecule has 0 saturated heterocycles. The Morgan fingerprint density at radius 3 is 2.52 bits per heavy atom. The summed E-state index contributed by atoms with van der Waals surface area (Å²) >= 11 is 0. The lowest BCUT2D eigenvalue weighted by molar-refractivity contribution is 0.574. The van der Waals surface area contributed by atoms with Crippen molar-refractivity contribution < 1.29 is 17.2 Å². The minimum atomic E-state index is -3.44. The predicted molar refractivity (Wildman–Crippen MR) is 77.6 cm³/mol. The maximum atomic E-state index is 13.5. The Kier molecular flexibility index (Phi) is 4.13. The Hall–Kier alpha value is -2.15. The van der Waals surface area contributed by atoms with Crippen LogP contribution in [0.25, 0.3) is 0 Å². The summed E-state index contributed by atoms with van der Waals surface area (Å²) < 4.78 is 49.5. The van der Waals surface area contributed by atoms with E-state index in [-0.39, 0.29) is 22.7 Å². The second kappa shape index (κ2) is 5.69. The number of anilines is 2. The molecule has 112 valence electrons. The Bertz CT molecular complexity index is 777. The summed E-state index contributed by atoms with van der Waals surface area (Å²) in [5.74, 6) is -1.34. The number of nitrogen functional groups attached to an aromatic ring is 1. The Labute approximate surface area is 121 Å². The van der Waals surface area contributed by atoms with Crippen molar-refractivity contribution in [1.82, 2.24) is 0 Å². The second-order valence-corrected chi connectivity index (χ2v) is 6.56. The van der Waals surface area contributed by atoms with Crippen LogP contribution in [0, 0.1) is 11.6 Å². The van der Waals surface area contributed by atoms with E-state index in [2.05, 4.69) is 5.32 Å². The number of hydrogen-bond acceptors (Lipinski definition) is 4. The third kappa shape index (κ3) is 3.49. The first kappa shape index (κ1) is 15.2. The lowest BCUT2D eigenvalue weighted by Gasteiger charge is -2.12. The van der Waals surface area contributed by atoms with E-state index in [4.69, 9.17) is 5.73 Å². The minimum Gasteiger partial charge on any atom is -0.396 e. The van der Waals surface area contributed by atoms with Gasteiger partial charge in [0.15, 0.2) is 9.84 Å². The van der Waals surface area contributed by atoms with Gasteiger partial charge in [0.05, 0.1) is 16.3 Å². The van der Waals surface area contributed by atoms with E-state index in [1.807, 2.05) is 0 Å². The number of hydrogen-bond donors (Lipinski definition) is 2. The summed E-state index contributed by atoms with van der Waals surface area (Å²) in [5, 5.41) is 2.85. The molecule has 0 radical (unpaired) electrons. The van der Waals surface area contributed by atoms with E-state index in [1.165, 1.54) is 18.2 Å². The fourth-order valence-corrected chi connectivity index (χ4v) is 2.71. The van der Waals surface area contributed by atoms with Crippen LogP contribution < -0.4 is 11.1 Å². The molecular formula is C14H14F2N2O2S. The van der Waals surface area contributed by atoms with Gasteiger partial charge in [0.1, 0.15) is 11.6 Å². The molecule has 0 spiro atoms. The lowest BCUT2D eigenvalue weighted by atomic mass is 10.2. The highest BCUT2D eigenvalue weighted by molar-refractivity contribution is 7.90. The molecule has 0 aliphatic carbocycles. The zero-order valence-electron chi connectivity index (χ0n) is 11.2. The van der Waals surface area contributed by atoms with E-state index in [9.17, 15) is 17.2 Å². The summed E-state index contributed by atoms with van der Waals surface area (Å²) in [6.45, 7) is 0.0591. The van der Waals surface area contributed by atoms with Gasteiger partial charge in [-0.1, -0.05) is 12.1 Å². The molecule has 2 rings (SSSR count). The van der Waals surface area contributed by atoms with Gasteiger partial charge in [-0.25, -0.2) is 17.2 Å². The van der Waals surface area contributed by atoms with Crippen LogP contribution in [0.1, 0.15) is 5.56 Å². The third-order valence-corrected chi connectivity index (χ3v) is 4.10. The van der Waals surface area contributed by atoms with Crippen molar-refractivity contribution in [3.8, 4) is 0 Å². The third-order valence-electron chi connectivity index (χ3n) is 2.95. The van der Waals surface area contributed by atoms with Crippen molar-refractivity contribution in [2.75, 3.05) is 17.3 Å². The maximum Gasteiger partial charge on any atom is 0.177 e. The topological polar surface area (TPSA) is 72.2 Å². The van der Waals surface area contributed by atoms with Crippen LogP contribution in [0.3, 0.4) is 0 Å². The summed E-state index contributed by atoms with van der Waals surface area (Å²) in [7, 11) is -3.44. The number of sulfone groups is 1. The smallest absolute Gasteiger partial charge is 0.177 e. The van der Waals surface area contributed by atoms with Crippen LogP contribution in [0.5, 0.6) is 0 Å². The van der Waals surface area contributed by atoms with Crippen LogP contribution in [0.15, 0.2) is 41.3 Å². The van der Waals surface area contributed by atoms with Gasteiger partial charge < -0.3 is 11.1 Å². The number of benzene rings is 2. The molecule has 7 heteroatoms. The number of nitrogens with two attached hydrogens (primary N) is 1. The highest BCUT2D eigenvalue weighted by atomic mass is 32.2. The van der Waals surface area contributed by atoms with Gasteiger partial charge >= 0.3 is 0 Å². The van der Waals surface area contributed by atoms with Crippen molar-refractivity contribution in [1.29, 1.82) is 0 Å². The molecule has 0 heterocycles. The molecule has 0 saturated carbocycles. The molecule has 0 aromatic heterocycles. The van der Waals surface area contributed by atoms with Gasteiger partial charge in [0.2, 0.25) is 0 Å². The molecule has 3 N–H and O–H groups in total. The van der Waals surface area contributed by atoms with Gasteiger partial charge in [0.25, 0.3) is 0 Å². The van der Waals surface area contributed by atoms with Crippen molar-refractivity contribution in [3.63, 3.8) is 0 Å². The standard InChI is InChI=1S/C14H14F2N2O2S/c1-21(19,20)13-4-2-3-12(14(13)17)18-8-9-5-6-10(15)7-11(9)16/h2-7,18H,8,17H2,1H3. The summed E-state index contributed by atoms with van der Waals surface area (Å²) in [4.78, 5) is 0.00655. The predicted octanol–water partition coefficient (Wildman–Crippen LogP) is 2.56. The molecule has 0 aliphatic heterocycles. The zero-order chi connectivity index (χ0) is 15.6. The van der Waals surface area contributed by atoms with Crippen LogP contribution in [-0.4, -0.2) is 14.7 Å². The number of nitrogens with one attached hydrogen (secondary N) is 1. The lowest BCUT2D eigenvalue weighted by Crippen LogP contribution is -2.08. The highest BCUT2D eigenvalue weighted by Gasteiger charge is 2.14. The van der Waals surface area contributed by atoms with Gasteiger partial charge in [-0.3, -0.25) is 0 Å². The molecule has 21 heavy (non-hydrogen) atoms. The molecular weight excluding hydrogens is 298 g/mol. The van der Waals surface area contributed by atoms with E-state index in [0.717, 1.165) is 18.4 Å². The van der Waals surface area contributed by atoms with Crippen LogP contribution in [0.4, 0.5) is 20.2 Å². The van der Waals surface area contributed by atoms with Crippen LogP contribution >= 0.6 is 0 Å². The van der Waals surface area contributed by atoms with E-state index in [0.29, 0.717) is 5.69 Å². The van der Waals surface area contributed by atoms with Crippen molar-refractivity contribution >= 4 is 21.2 Å². The minimum absolute atomic E-state index is 0.00655. The van der Waals surface area contributed by atoms with E-state index < -0.39 is 21.5 Å². The molecule has 2 aromatic carbocycles. The average Bonchev–Trinajstić information content (AvgIpc) is 2.38. The summed E-state index contributed by atoms with van der Waals surface area (Å²) in [5.41, 5.74) is 6.50. The highest BCUT2D eigenvalue weighted by Crippen LogP contribution is 2.27. The summed E-state index contributed by atoms with van der Waals surface area (Å²) in [6.07, 6.45) is 1.06. The normalized spacial score (nSPS) is 11.4. The van der Waals surface area contributed by atoms with Gasteiger partial charge in [-0.15, -0.1) is 0 Å². The second-order valence-electron chi connectivity index (χ2n) is 4.58. The van der Waals surface area contributed by atoms with Gasteiger partial charge in [-0.2, -0.15) is 0 Å². The molecule has 0 atom stereocenters. The maximum absolute atomic E-state index is 13.5.